The topological polar surface area (TPSA) is 81.3 Å². The number of benzene rings is 2. The molecule has 8 heteroatoms. The van der Waals surface area contributed by atoms with Crippen LogP contribution in [0.25, 0.3) is 22.4 Å². The maximum atomic E-state index is 13.5. The van der Waals surface area contributed by atoms with Crippen LogP contribution in [0, 0.1) is 13.8 Å². The van der Waals surface area contributed by atoms with E-state index >= 15 is 0 Å². The van der Waals surface area contributed by atoms with Crippen molar-refractivity contribution in [2.75, 3.05) is 5.75 Å². The summed E-state index contributed by atoms with van der Waals surface area (Å²) in [6.45, 7) is 10.0. The molecule has 0 atom stereocenters. The van der Waals surface area contributed by atoms with Crippen LogP contribution < -0.4 is 10.9 Å². The predicted molar refractivity (Wildman–Crippen MR) is 129 cm³/mol. The highest BCUT2D eigenvalue weighted by atomic mass is 32.2. The van der Waals surface area contributed by atoms with Gasteiger partial charge in [0.1, 0.15) is 0 Å². The third-order valence-electron chi connectivity index (χ3n) is 5.91. The number of carbonyl (C=O) groups excluding carboxylic acids is 1. The minimum Gasteiger partial charge on any atom is -0.351 e. The molecule has 0 aliphatic heterocycles. The molecule has 0 fully saturated rings. The first-order chi connectivity index (χ1) is 15.2. The SMILES string of the molecule is CCC(C)(C)NC(=O)CSc1nnc2n(-c3cccc(C)c3C)c(=O)c3ccccc3n12. The van der Waals surface area contributed by atoms with Crippen LogP contribution >= 0.6 is 11.8 Å². The first kappa shape index (κ1) is 22.1. The Morgan fingerprint density at radius 1 is 1.09 bits per heavy atom. The zero-order chi connectivity index (χ0) is 23.0. The molecule has 4 aromatic rings. The summed E-state index contributed by atoms with van der Waals surface area (Å²) in [6, 6.07) is 13.3. The molecule has 32 heavy (non-hydrogen) atoms. The molecule has 0 aliphatic rings. The van der Waals surface area contributed by atoms with Crippen molar-refractivity contribution in [3.05, 3.63) is 63.9 Å². The molecule has 2 aromatic carbocycles. The average molecular weight is 450 g/mol. The van der Waals surface area contributed by atoms with Crippen LogP contribution in [-0.2, 0) is 4.79 Å². The second-order valence-corrected chi connectivity index (χ2v) is 9.51. The summed E-state index contributed by atoms with van der Waals surface area (Å²) in [4.78, 5) is 26.0. The Labute approximate surface area is 190 Å². The summed E-state index contributed by atoms with van der Waals surface area (Å²) in [5.74, 6) is 0.575. The Hall–Kier alpha value is -3.13. The van der Waals surface area contributed by atoms with E-state index in [0.29, 0.717) is 16.3 Å². The van der Waals surface area contributed by atoms with E-state index in [2.05, 4.69) is 15.5 Å². The second-order valence-electron chi connectivity index (χ2n) is 8.57. The van der Waals surface area contributed by atoms with Crippen LogP contribution in [0.1, 0.15) is 38.3 Å². The van der Waals surface area contributed by atoms with Crippen molar-refractivity contribution in [1.29, 1.82) is 0 Å². The average Bonchev–Trinajstić information content (AvgIpc) is 3.19. The first-order valence-electron chi connectivity index (χ1n) is 10.6. The number of hydrogen-bond acceptors (Lipinski definition) is 5. The van der Waals surface area contributed by atoms with Gasteiger partial charge in [0, 0.05) is 5.54 Å². The highest BCUT2D eigenvalue weighted by Gasteiger charge is 2.21. The molecule has 4 rings (SSSR count). The largest absolute Gasteiger partial charge is 0.351 e. The van der Waals surface area contributed by atoms with Gasteiger partial charge in [-0.05, 0) is 63.4 Å². The minimum atomic E-state index is -0.263. The van der Waals surface area contributed by atoms with E-state index in [1.807, 2.05) is 81.5 Å². The highest BCUT2D eigenvalue weighted by Crippen LogP contribution is 2.25. The molecule has 0 radical (unpaired) electrons. The molecule has 2 aromatic heterocycles. The molecule has 0 saturated carbocycles. The number of rotatable bonds is 6. The fourth-order valence-electron chi connectivity index (χ4n) is 3.60. The van der Waals surface area contributed by atoms with Gasteiger partial charge >= 0.3 is 0 Å². The van der Waals surface area contributed by atoms with Gasteiger partial charge in [0.15, 0.2) is 5.16 Å². The summed E-state index contributed by atoms with van der Waals surface area (Å²) in [6.07, 6.45) is 0.837. The molecule has 0 bridgehead atoms. The fourth-order valence-corrected chi connectivity index (χ4v) is 4.34. The lowest BCUT2D eigenvalue weighted by atomic mass is 10.0. The molecule has 2 heterocycles. The predicted octanol–water partition coefficient (Wildman–Crippen LogP) is 4.05. The van der Waals surface area contributed by atoms with Crippen molar-refractivity contribution in [3.8, 4) is 5.69 Å². The van der Waals surface area contributed by atoms with Crippen molar-refractivity contribution < 1.29 is 4.79 Å². The van der Waals surface area contributed by atoms with Crippen molar-refractivity contribution in [2.45, 2.75) is 51.7 Å². The molecular weight excluding hydrogens is 422 g/mol. The van der Waals surface area contributed by atoms with Crippen molar-refractivity contribution in [3.63, 3.8) is 0 Å². The Morgan fingerprint density at radius 2 is 1.84 bits per heavy atom. The van der Waals surface area contributed by atoms with Gasteiger partial charge in [0.2, 0.25) is 11.7 Å². The van der Waals surface area contributed by atoms with E-state index < -0.39 is 0 Å². The summed E-state index contributed by atoms with van der Waals surface area (Å²) < 4.78 is 3.48. The third-order valence-corrected chi connectivity index (χ3v) is 6.83. The maximum absolute atomic E-state index is 13.5. The van der Waals surface area contributed by atoms with E-state index in [4.69, 9.17) is 0 Å². The Balaban J connectivity index is 1.86. The molecule has 0 spiro atoms. The zero-order valence-corrected chi connectivity index (χ0v) is 19.8. The van der Waals surface area contributed by atoms with Gasteiger partial charge in [-0.2, -0.15) is 0 Å². The number of nitrogens with one attached hydrogen (secondary N) is 1. The van der Waals surface area contributed by atoms with Crippen LogP contribution in [0.15, 0.2) is 52.4 Å². The smallest absolute Gasteiger partial charge is 0.267 e. The number of thioether (sulfide) groups is 1. The van der Waals surface area contributed by atoms with Crippen LogP contribution in [0.5, 0.6) is 0 Å². The Bertz CT molecular complexity index is 1390. The minimum absolute atomic E-state index is 0.0641. The quantitative estimate of drug-likeness (QED) is 0.449. The van der Waals surface area contributed by atoms with E-state index in [1.165, 1.54) is 11.8 Å². The normalized spacial score (nSPS) is 11.9. The van der Waals surface area contributed by atoms with E-state index in [9.17, 15) is 9.59 Å². The lowest BCUT2D eigenvalue weighted by molar-refractivity contribution is -0.120. The third kappa shape index (κ3) is 3.90. The van der Waals surface area contributed by atoms with E-state index in [-0.39, 0.29) is 22.8 Å². The second kappa shape index (κ2) is 8.43. The van der Waals surface area contributed by atoms with Crippen LogP contribution in [0.3, 0.4) is 0 Å². The van der Waals surface area contributed by atoms with Gasteiger partial charge in [-0.3, -0.25) is 14.0 Å². The highest BCUT2D eigenvalue weighted by molar-refractivity contribution is 7.99. The van der Waals surface area contributed by atoms with Crippen molar-refractivity contribution >= 4 is 34.3 Å². The maximum Gasteiger partial charge on any atom is 0.267 e. The number of fused-ring (bicyclic) bond motifs is 3. The number of para-hydroxylation sites is 1. The Morgan fingerprint density at radius 3 is 2.59 bits per heavy atom. The molecule has 0 saturated heterocycles. The number of aryl methyl sites for hydroxylation is 1. The monoisotopic (exact) mass is 449 g/mol. The van der Waals surface area contributed by atoms with Gasteiger partial charge in [-0.15, -0.1) is 10.2 Å². The van der Waals surface area contributed by atoms with E-state index in [0.717, 1.165) is 28.8 Å². The fraction of sp³-hybridized carbons (Fsp3) is 0.333. The molecule has 1 N–H and O–H groups in total. The Kier molecular flexibility index (Phi) is 5.81. The van der Waals surface area contributed by atoms with Crippen molar-refractivity contribution in [1.82, 2.24) is 24.5 Å². The van der Waals surface area contributed by atoms with Gasteiger partial charge in [0.05, 0.1) is 22.3 Å². The summed E-state index contributed by atoms with van der Waals surface area (Å²) in [5.41, 5.74) is 3.18. The standard InChI is InChI=1S/C24H27N5O2S/c1-6-24(4,5)25-20(30)14-32-23-27-26-22-28(18-13-9-10-15(2)16(18)3)21(31)17-11-7-8-12-19(17)29(22)23/h7-13H,6,14H2,1-5H3,(H,25,30). The zero-order valence-electron chi connectivity index (χ0n) is 19.0. The number of hydrogen-bond donors (Lipinski definition) is 1. The summed E-state index contributed by atoms with van der Waals surface area (Å²) in [5, 5.41) is 12.9. The first-order valence-corrected chi connectivity index (χ1v) is 11.6. The van der Waals surface area contributed by atoms with Gasteiger partial charge in [-0.25, -0.2) is 4.57 Å². The molecule has 0 unspecified atom stereocenters. The number of aromatic nitrogens is 4. The lowest BCUT2D eigenvalue weighted by Gasteiger charge is -2.24. The van der Waals surface area contributed by atoms with Crippen molar-refractivity contribution in [2.24, 2.45) is 0 Å². The lowest BCUT2D eigenvalue weighted by Crippen LogP contribution is -2.43. The number of amides is 1. The molecular formula is C24H27N5O2S. The van der Waals surface area contributed by atoms with Crippen LogP contribution in [0.4, 0.5) is 0 Å². The molecule has 0 aliphatic carbocycles. The summed E-state index contributed by atoms with van der Waals surface area (Å²) >= 11 is 1.31. The summed E-state index contributed by atoms with van der Waals surface area (Å²) in [7, 11) is 0. The molecule has 1 amide bonds. The number of carbonyl (C=O) groups is 1. The van der Waals surface area contributed by atoms with Crippen LogP contribution in [0.2, 0.25) is 0 Å². The van der Waals surface area contributed by atoms with Gasteiger partial charge < -0.3 is 5.32 Å². The van der Waals surface area contributed by atoms with Gasteiger partial charge in [-0.1, -0.05) is 43.0 Å². The van der Waals surface area contributed by atoms with Gasteiger partial charge in [0.25, 0.3) is 5.56 Å². The number of nitrogens with zero attached hydrogens (tertiary/aromatic N) is 4. The van der Waals surface area contributed by atoms with Crippen LogP contribution in [-0.4, -0.2) is 36.4 Å². The molecule has 7 nitrogen and oxygen atoms in total. The molecule has 166 valence electrons. The van der Waals surface area contributed by atoms with E-state index in [1.54, 1.807) is 4.57 Å².